The van der Waals surface area contributed by atoms with Crippen molar-refractivity contribution in [3.8, 4) is 0 Å². The van der Waals surface area contributed by atoms with Gasteiger partial charge in [0.2, 0.25) is 0 Å². The summed E-state index contributed by atoms with van der Waals surface area (Å²) in [6.45, 7) is 2.07. The summed E-state index contributed by atoms with van der Waals surface area (Å²) >= 11 is -2.67. The summed E-state index contributed by atoms with van der Waals surface area (Å²) in [6, 6.07) is 0. The number of esters is 1. The summed E-state index contributed by atoms with van der Waals surface area (Å²) in [5, 5.41) is 17.6. The minimum atomic E-state index is -2.67. The number of halogens is 1. The predicted octanol–water partition coefficient (Wildman–Crippen LogP) is 1.45. The molecular weight excluding hydrogens is 357 g/mol. The zero-order chi connectivity index (χ0) is 14.1. The van der Waals surface area contributed by atoms with Crippen molar-refractivity contribution in [3.63, 3.8) is 0 Å². The Hall–Kier alpha value is -0.900. The van der Waals surface area contributed by atoms with Gasteiger partial charge in [-0.2, -0.15) is 0 Å². The second kappa shape index (κ2) is 9.09. The average molecular weight is 375 g/mol. The van der Waals surface area contributed by atoms with Crippen molar-refractivity contribution in [2.75, 3.05) is 24.6 Å². The van der Waals surface area contributed by atoms with Crippen LogP contribution < -0.4 is 0 Å². The molecule has 0 bridgehead atoms. The van der Waals surface area contributed by atoms with E-state index >= 15 is 0 Å². The summed E-state index contributed by atoms with van der Waals surface area (Å²) in [5.74, 6) is -1.50. The average Bonchev–Trinajstić information content (AvgIpc) is 2.25. The Labute approximate surface area is 113 Å². The Kier molecular flexibility index (Phi) is 8.63. The minimum absolute atomic E-state index is 0.100. The third kappa shape index (κ3) is 7.43. The number of aliphatic carboxylic acids is 1. The SMILES string of the molecule is CCCOC(=O)CN(C)I(CCC(=O)O)C(=O)O. The summed E-state index contributed by atoms with van der Waals surface area (Å²) in [7, 11) is 1.52. The zero-order valence-corrected chi connectivity index (χ0v) is 12.5. The van der Waals surface area contributed by atoms with Gasteiger partial charge in [-0.25, -0.2) is 0 Å². The van der Waals surface area contributed by atoms with Crippen LogP contribution >= 0.6 is 20.1 Å². The van der Waals surface area contributed by atoms with Gasteiger partial charge in [-0.05, 0) is 0 Å². The van der Waals surface area contributed by atoms with Crippen LogP contribution in [0.15, 0.2) is 0 Å². The number of carboxylic acid groups (broad SMARTS) is 2. The molecule has 0 saturated heterocycles. The van der Waals surface area contributed by atoms with Gasteiger partial charge in [0.05, 0.1) is 0 Å². The molecule has 0 amide bonds. The van der Waals surface area contributed by atoms with Crippen molar-refractivity contribution in [2.45, 2.75) is 19.8 Å². The van der Waals surface area contributed by atoms with Gasteiger partial charge in [0.15, 0.2) is 0 Å². The molecule has 0 saturated carbocycles. The van der Waals surface area contributed by atoms with Gasteiger partial charge in [0.25, 0.3) is 0 Å². The molecule has 0 radical (unpaired) electrons. The monoisotopic (exact) mass is 375 g/mol. The fourth-order valence-electron chi connectivity index (χ4n) is 1.03. The third-order valence-electron chi connectivity index (χ3n) is 1.84. The van der Waals surface area contributed by atoms with E-state index in [2.05, 4.69) is 0 Å². The van der Waals surface area contributed by atoms with Gasteiger partial charge in [-0.15, -0.1) is 0 Å². The summed E-state index contributed by atoms with van der Waals surface area (Å²) in [5.41, 5.74) is 0. The Balaban J connectivity index is 4.29. The molecule has 0 aromatic heterocycles. The molecule has 7 nitrogen and oxygen atoms in total. The molecule has 0 aromatic carbocycles. The summed E-state index contributed by atoms with van der Waals surface area (Å²) < 4.78 is 5.40. The van der Waals surface area contributed by atoms with Crippen LogP contribution in [0.3, 0.4) is 0 Å². The first-order chi connectivity index (χ1) is 8.38. The van der Waals surface area contributed by atoms with E-state index in [1.807, 2.05) is 6.92 Å². The molecule has 0 aliphatic rings. The molecule has 0 rings (SSSR count). The van der Waals surface area contributed by atoms with Crippen LogP contribution in [0.2, 0.25) is 0 Å². The Morgan fingerprint density at radius 3 is 2.33 bits per heavy atom. The third-order valence-corrected chi connectivity index (χ3v) is 6.79. The van der Waals surface area contributed by atoms with Crippen molar-refractivity contribution in [2.24, 2.45) is 0 Å². The fourth-order valence-corrected chi connectivity index (χ4v) is 4.68. The van der Waals surface area contributed by atoms with Crippen LogP contribution in [0.25, 0.3) is 0 Å². The second-order valence-corrected chi connectivity index (χ2v) is 8.98. The van der Waals surface area contributed by atoms with Gasteiger partial charge >= 0.3 is 113 Å². The second-order valence-electron chi connectivity index (χ2n) is 3.41. The topological polar surface area (TPSA) is 104 Å². The molecule has 0 spiro atoms. The number of hydrogen-bond donors (Lipinski definition) is 2. The molecule has 0 aliphatic heterocycles. The van der Waals surface area contributed by atoms with E-state index in [9.17, 15) is 14.4 Å². The van der Waals surface area contributed by atoms with Crippen LogP contribution in [0.4, 0.5) is 4.79 Å². The Morgan fingerprint density at radius 2 is 1.89 bits per heavy atom. The number of carbonyl (C=O) groups excluding carboxylic acids is 1. The van der Waals surface area contributed by atoms with E-state index in [-0.39, 0.29) is 17.4 Å². The number of likely N-dealkylation sites (N-methyl/N-ethyl adjacent to an activating group) is 1. The molecule has 0 fully saturated rings. The number of ether oxygens (including phenoxy) is 1. The van der Waals surface area contributed by atoms with E-state index in [4.69, 9.17) is 14.9 Å². The van der Waals surface area contributed by atoms with Crippen molar-refractivity contribution >= 4 is 36.0 Å². The number of carboxylic acids is 1. The molecule has 18 heavy (non-hydrogen) atoms. The van der Waals surface area contributed by atoms with Crippen molar-refractivity contribution in [1.29, 1.82) is 0 Å². The van der Waals surface area contributed by atoms with Crippen LogP contribution in [0.5, 0.6) is 0 Å². The molecular formula is C10H18INO6. The van der Waals surface area contributed by atoms with E-state index < -0.39 is 36.0 Å². The maximum absolute atomic E-state index is 11.3. The normalized spacial score (nSPS) is 11.2. The van der Waals surface area contributed by atoms with E-state index in [0.29, 0.717) is 13.0 Å². The molecule has 106 valence electrons. The number of carbonyl (C=O) groups is 3. The number of rotatable bonds is 9. The van der Waals surface area contributed by atoms with Crippen LogP contribution in [0, 0.1) is 0 Å². The standard InChI is InChI=1S/C10H18INO6/c1-3-6-18-9(15)7-12(2)11(10(16)17)5-4-8(13)14/h3-7H2,1-2H3,(H,13,14)(H,16,17). The van der Waals surface area contributed by atoms with E-state index in [1.54, 1.807) is 0 Å². The van der Waals surface area contributed by atoms with Crippen molar-refractivity contribution < 1.29 is 29.3 Å². The van der Waals surface area contributed by atoms with Gasteiger partial charge in [-0.3, -0.25) is 0 Å². The van der Waals surface area contributed by atoms with Gasteiger partial charge < -0.3 is 0 Å². The van der Waals surface area contributed by atoms with E-state index in [1.165, 1.54) is 10.2 Å². The van der Waals surface area contributed by atoms with Crippen LogP contribution in [-0.2, 0) is 14.3 Å². The molecule has 0 aromatic rings. The molecule has 0 aliphatic carbocycles. The summed E-state index contributed by atoms with van der Waals surface area (Å²) in [4.78, 5) is 32.8. The zero-order valence-electron chi connectivity index (χ0n) is 10.4. The number of nitrogens with zero attached hydrogens (tertiary/aromatic N) is 1. The quantitative estimate of drug-likeness (QED) is 0.207. The molecule has 0 unspecified atom stereocenters. The van der Waals surface area contributed by atoms with Crippen molar-refractivity contribution in [1.82, 2.24) is 3.11 Å². The number of hydrogen-bond acceptors (Lipinski definition) is 5. The first-order valence-electron chi connectivity index (χ1n) is 5.36. The van der Waals surface area contributed by atoms with Crippen molar-refractivity contribution in [3.05, 3.63) is 0 Å². The van der Waals surface area contributed by atoms with Gasteiger partial charge in [-0.1, -0.05) is 0 Å². The molecule has 0 heterocycles. The fraction of sp³-hybridized carbons (Fsp3) is 0.700. The predicted molar refractivity (Wildman–Crippen MR) is 73.0 cm³/mol. The van der Waals surface area contributed by atoms with Gasteiger partial charge in [0.1, 0.15) is 0 Å². The number of alkyl halides is 1. The Bertz CT molecular complexity index is 309. The first-order valence-corrected chi connectivity index (χ1v) is 8.92. The van der Waals surface area contributed by atoms with E-state index in [0.717, 1.165) is 0 Å². The molecule has 2 N–H and O–H groups in total. The molecule has 0 atom stereocenters. The maximum atomic E-state index is 11.3. The van der Waals surface area contributed by atoms with Crippen LogP contribution in [-0.4, -0.2) is 53.9 Å². The summed E-state index contributed by atoms with van der Waals surface area (Å²) in [6.07, 6.45) is 0.515. The van der Waals surface area contributed by atoms with Gasteiger partial charge in [0, 0.05) is 0 Å². The molecule has 8 heteroatoms. The first kappa shape index (κ1) is 17.1. The Morgan fingerprint density at radius 1 is 1.28 bits per heavy atom. The van der Waals surface area contributed by atoms with Crippen LogP contribution in [0.1, 0.15) is 19.8 Å².